The maximum Gasteiger partial charge on any atom is 0.225 e. The highest BCUT2D eigenvalue weighted by molar-refractivity contribution is 5.79. The van der Waals surface area contributed by atoms with Crippen LogP contribution in [0.5, 0.6) is 0 Å². The van der Waals surface area contributed by atoms with Gasteiger partial charge in [-0.25, -0.2) is 9.97 Å². The second-order valence-corrected chi connectivity index (χ2v) is 6.26. The number of nitrogens with zero attached hydrogens (tertiary/aromatic N) is 5. The Kier molecular flexibility index (Phi) is 5.04. The maximum absolute atomic E-state index is 12.4. The third-order valence-electron chi connectivity index (χ3n) is 4.50. The molecule has 3 heterocycles. The molecule has 1 N–H and O–H groups in total. The summed E-state index contributed by atoms with van der Waals surface area (Å²) < 4.78 is 0. The van der Waals surface area contributed by atoms with Crippen LogP contribution in [0.1, 0.15) is 32.1 Å². The van der Waals surface area contributed by atoms with E-state index in [1.807, 2.05) is 0 Å². The largest absolute Gasteiger partial charge is 0.356 e. The van der Waals surface area contributed by atoms with Crippen molar-refractivity contribution >= 4 is 11.9 Å². The SMILES string of the molecule is C#CCCC1(CCNC(=O)C2CCCN(c3ncccn3)C2)N=N1. The molecule has 126 valence electrons. The van der Waals surface area contributed by atoms with Crippen molar-refractivity contribution in [3.63, 3.8) is 0 Å². The first-order chi connectivity index (χ1) is 11.7. The van der Waals surface area contributed by atoms with Gasteiger partial charge in [-0.05, 0) is 18.9 Å². The zero-order valence-electron chi connectivity index (χ0n) is 13.7. The van der Waals surface area contributed by atoms with Crippen molar-refractivity contribution in [2.45, 2.75) is 37.8 Å². The van der Waals surface area contributed by atoms with Crippen molar-refractivity contribution < 1.29 is 4.79 Å². The lowest BCUT2D eigenvalue weighted by atomic mass is 9.97. The van der Waals surface area contributed by atoms with E-state index in [1.54, 1.807) is 18.5 Å². The zero-order chi connectivity index (χ0) is 16.8. The summed E-state index contributed by atoms with van der Waals surface area (Å²) in [5.74, 6) is 3.36. The summed E-state index contributed by atoms with van der Waals surface area (Å²) in [5, 5.41) is 11.2. The molecule has 0 aliphatic carbocycles. The molecule has 1 unspecified atom stereocenters. The maximum atomic E-state index is 12.4. The Morgan fingerprint density at radius 3 is 2.88 bits per heavy atom. The number of rotatable bonds is 7. The van der Waals surface area contributed by atoms with Crippen LogP contribution in [0.25, 0.3) is 0 Å². The number of anilines is 1. The van der Waals surface area contributed by atoms with E-state index in [4.69, 9.17) is 6.42 Å². The summed E-state index contributed by atoms with van der Waals surface area (Å²) in [4.78, 5) is 23.0. The number of hydrogen-bond donors (Lipinski definition) is 1. The highest BCUT2D eigenvalue weighted by Crippen LogP contribution is 2.36. The van der Waals surface area contributed by atoms with Gasteiger partial charge in [0.2, 0.25) is 11.9 Å². The Labute approximate surface area is 142 Å². The van der Waals surface area contributed by atoms with Gasteiger partial charge in [-0.1, -0.05) is 0 Å². The summed E-state index contributed by atoms with van der Waals surface area (Å²) in [6.07, 6.45) is 12.7. The second kappa shape index (κ2) is 7.39. The quantitative estimate of drug-likeness (QED) is 0.774. The molecule has 2 aliphatic heterocycles. The van der Waals surface area contributed by atoms with Crippen LogP contribution in [0.2, 0.25) is 0 Å². The molecule has 1 aromatic heterocycles. The predicted octanol–water partition coefficient (Wildman–Crippen LogP) is 1.77. The molecule has 7 heteroatoms. The number of hydrogen-bond acceptors (Lipinski definition) is 6. The third kappa shape index (κ3) is 4.07. The zero-order valence-corrected chi connectivity index (χ0v) is 13.7. The molecule has 0 aromatic carbocycles. The van der Waals surface area contributed by atoms with Gasteiger partial charge in [-0.3, -0.25) is 4.79 Å². The van der Waals surface area contributed by atoms with E-state index < -0.39 is 0 Å². The molecule has 1 amide bonds. The third-order valence-corrected chi connectivity index (χ3v) is 4.50. The lowest BCUT2D eigenvalue weighted by Crippen LogP contribution is -2.44. The lowest BCUT2D eigenvalue weighted by molar-refractivity contribution is -0.125. The number of terminal acetylenes is 1. The fourth-order valence-electron chi connectivity index (χ4n) is 3.03. The molecule has 1 fully saturated rings. The van der Waals surface area contributed by atoms with Gasteiger partial charge in [-0.2, -0.15) is 10.2 Å². The van der Waals surface area contributed by atoms with Crippen molar-refractivity contribution in [1.82, 2.24) is 15.3 Å². The average molecular weight is 326 g/mol. The minimum Gasteiger partial charge on any atom is -0.356 e. The van der Waals surface area contributed by atoms with Crippen LogP contribution in [0.15, 0.2) is 28.7 Å². The van der Waals surface area contributed by atoms with Crippen molar-refractivity contribution in [3.8, 4) is 12.3 Å². The number of aromatic nitrogens is 2. The Morgan fingerprint density at radius 2 is 2.17 bits per heavy atom. The fourth-order valence-corrected chi connectivity index (χ4v) is 3.03. The topological polar surface area (TPSA) is 82.8 Å². The lowest BCUT2D eigenvalue weighted by Gasteiger charge is -2.31. The first kappa shape index (κ1) is 16.4. The number of piperidine rings is 1. The van der Waals surface area contributed by atoms with Crippen LogP contribution in [0.3, 0.4) is 0 Å². The van der Waals surface area contributed by atoms with Gasteiger partial charge in [0.1, 0.15) is 0 Å². The summed E-state index contributed by atoms with van der Waals surface area (Å²) in [6.45, 7) is 2.13. The van der Waals surface area contributed by atoms with Crippen LogP contribution in [0.4, 0.5) is 5.95 Å². The van der Waals surface area contributed by atoms with E-state index >= 15 is 0 Å². The van der Waals surface area contributed by atoms with Crippen LogP contribution >= 0.6 is 0 Å². The van der Waals surface area contributed by atoms with Crippen LogP contribution in [-0.4, -0.2) is 41.2 Å². The molecule has 2 aliphatic rings. The molecular formula is C17H22N6O. The summed E-state index contributed by atoms with van der Waals surface area (Å²) in [5.41, 5.74) is -0.337. The molecular weight excluding hydrogens is 304 g/mol. The molecule has 0 radical (unpaired) electrons. The van der Waals surface area contributed by atoms with Gasteiger partial charge in [0.25, 0.3) is 0 Å². The van der Waals surface area contributed by atoms with E-state index in [2.05, 4.69) is 36.3 Å². The predicted molar refractivity (Wildman–Crippen MR) is 90.2 cm³/mol. The van der Waals surface area contributed by atoms with Crippen LogP contribution in [0, 0.1) is 18.3 Å². The molecule has 3 rings (SSSR count). The Bertz CT molecular complexity index is 632. The molecule has 1 atom stereocenters. The molecule has 0 saturated carbocycles. The number of amides is 1. The second-order valence-electron chi connectivity index (χ2n) is 6.26. The summed E-state index contributed by atoms with van der Waals surface area (Å²) in [7, 11) is 0. The Balaban J connectivity index is 1.44. The van der Waals surface area contributed by atoms with E-state index in [-0.39, 0.29) is 17.5 Å². The molecule has 1 aromatic rings. The first-order valence-corrected chi connectivity index (χ1v) is 8.40. The number of carbonyl (C=O) groups is 1. The molecule has 0 spiro atoms. The fraction of sp³-hybridized carbons (Fsp3) is 0.588. The smallest absolute Gasteiger partial charge is 0.225 e. The molecule has 1 saturated heterocycles. The number of carbonyl (C=O) groups excluding carboxylic acids is 1. The Hall–Kier alpha value is -2.49. The Morgan fingerprint density at radius 1 is 1.38 bits per heavy atom. The summed E-state index contributed by atoms with van der Waals surface area (Å²) in [6, 6.07) is 1.79. The number of nitrogens with one attached hydrogen (secondary N) is 1. The van der Waals surface area contributed by atoms with Crippen LogP contribution < -0.4 is 10.2 Å². The highest BCUT2D eigenvalue weighted by Gasteiger charge is 2.38. The first-order valence-electron chi connectivity index (χ1n) is 8.40. The van der Waals surface area contributed by atoms with Gasteiger partial charge in [0, 0.05) is 51.3 Å². The van der Waals surface area contributed by atoms with E-state index in [0.717, 1.165) is 32.2 Å². The normalized spacial score (nSPS) is 21.1. The minimum absolute atomic E-state index is 0.0303. The van der Waals surface area contributed by atoms with Crippen molar-refractivity contribution in [2.24, 2.45) is 16.1 Å². The molecule has 24 heavy (non-hydrogen) atoms. The van der Waals surface area contributed by atoms with E-state index in [9.17, 15) is 4.79 Å². The monoisotopic (exact) mass is 326 g/mol. The standard InChI is InChI=1S/C17H22N6O/c1-2-3-7-17(21-22-17)8-11-18-15(24)14-6-4-12-23(13-14)16-19-9-5-10-20-16/h1,5,9-10,14H,3-4,6-8,11-13H2,(H,18,24). The minimum atomic E-state index is -0.337. The highest BCUT2D eigenvalue weighted by atomic mass is 16.1. The molecule has 0 bridgehead atoms. The van der Waals surface area contributed by atoms with E-state index in [1.165, 1.54) is 0 Å². The van der Waals surface area contributed by atoms with Gasteiger partial charge >= 0.3 is 0 Å². The van der Waals surface area contributed by atoms with Crippen molar-refractivity contribution in [3.05, 3.63) is 18.5 Å². The average Bonchev–Trinajstić information content (AvgIpc) is 3.41. The van der Waals surface area contributed by atoms with Gasteiger partial charge in [0.15, 0.2) is 5.66 Å². The molecule has 7 nitrogen and oxygen atoms in total. The van der Waals surface area contributed by atoms with E-state index in [0.29, 0.717) is 25.5 Å². The van der Waals surface area contributed by atoms with Gasteiger partial charge < -0.3 is 10.2 Å². The van der Waals surface area contributed by atoms with Crippen LogP contribution in [-0.2, 0) is 4.79 Å². The van der Waals surface area contributed by atoms with Crippen molar-refractivity contribution in [2.75, 3.05) is 24.5 Å². The summed E-state index contributed by atoms with van der Waals surface area (Å²) >= 11 is 0. The van der Waals surface area contributed by atoms with Gasteiger partial charge in [0.05, 0.1) is 5.92 Å². The van der Waals surface area contributed by atoms with Crippen molar-refractivity contribution in [1.29, 1.82) is 0 Å². The van der Waals surface area contributed by atoms with Gasteiger partial charge in [-0.15, -0.1) is 12.3 Å².